The zero-order valence-corrected chi connectivity index (χ0v) is 13.7. The smallest absolute Gasteiger partial charge is 0.237 e. The molecule has 1 N–H and O–H groups in total. The normalized spacial score (nSPS) is 11.8. The van der Waals surface area contributed by atoms with Crippen LogP contribution in [0.1, 0.15) is 19.0 Å². The van der Waals surface area contributed by atoms with E-state index in [0.29, 0.717) is 0 Å². The van der Waals surface area contributed by atoms with Gasteiger partial charge in [-0.1, -0.05) is 18.7 Å². The van der Waals surface area contributed by atoms with E-state index in [4.69, 9.17) is 4.74 Å². The van der Waals surface area contributed by atoms with Crippen molar-refractivity contribution in [3.63, 3.8) is 0 Å². The van der Waals surface area contributed by atoms with Crippen LogP contribution in [0.4, 0.5) is 5.69 Å². The highest BCUT2D eigenvalue weighted by Gasteiger charge is 2.18. The van der Waals surface area contributed by atoms with E-state index >= 15 is 0 Å². The number of benzene rings is 1. The van der Waals surface area contributed by atoms with Gasteiger partial charge in [-0.2, -0.15) is 0 Å². The predicted octanol–water partition coefficient (Wildman–Crippen LogP) is 3.30. The van der Waals surface area contributed by atoms with Crippen molar-refractivity contribution in [2.75, 3.05) is 12.4 Å². The molecule has 0 aliphatic heterocycles. The molecule has 0 saturated carbocycles. The van der Waals surface area contributed by atoms with E-state index in [2.05, 4.69) is 15.3 Å². The molecule has 1 unspecified atom stereocenters. The van der Waals surface area contributed by atoms with Crippen molar-refractivity contribution in [2.45, 2.75) is 30.5 Å². The van der Waals surface area contributed by atoms with Crippen molar-refractivity contribution in [1.82, 2.24) is 9.97 Å². The molecule has 0 fully saturated rings. The largest absolute Gasteiger partial charge is 0.497 e. The lowest BCUT2D eigenvalue weighted by Gasteiger charge is -2.14. The van der Waals surface area contributed by atoms with Gasteiger partial charge in [0.2, 0.25) is 5.91 Å². The van der Waals surface area contributed by atoms with Crippen LogP contribution in [-0.2, 0) is 4.79 Å². The number of rotatable bonds is 6. The van der Waals surface area contributed by atoms with Crippen LogP contribution in [0.3, 0.4) is 0 Å². The van der Waals surface area contributed by atoms with Gasteiger partial charge in [0, 0.05) is 11.4 Å². The number of methoxy groups -OCH3 is 1. The minimum Gasteiger partial charge on any atom is -0.497 e. The number of hydrogen-bond acceptors (Lipinski definition) is 5. The van der Waals surface area contributed by atoms with Crippen LogP contribution in [-0.4, -0.2) is 28.2 Å². The van der Waals surface area contributed by atoms with Crippen molar-refractivity contribution in [3.05, 3.63) is 42.4 Å². The van der Waals surface area contributed by atoms with Crippen molar-refractivity contribution in [1.29, 1.82) is 0 Å². The number of amides is 1. The summed E-state index contributed by atoms with van der Waals surface area (Å²) in [6.07, 6.45) is 2.24. The lowest BCUT2D eigenvalue weighted by atomic mass is 10.2. The van der Waals surface area contributed by atoms with Crippen LogP contribution >= 0.6 is 11.8 Å². The standard InChI is InChI=1S/C16H19N3O2S/c1-4-14(22-15-9-11(2)17-10-18-15)16(20)19-12-5-7-13(21-3)8-6-12/h5-10,14H,4H2,1-3H3,(H,19,20). The Bertz CT molecular complexity index is 632. The number of aryl methyl sites for hydroxylation is 1. The molecule has 1 amide bonds. The molecule has 0 bridgehead atoms. The Morgan fingerprint density at radius 2 is 2.05 bits per heavy atom. The number of nitrogens with one attached hydrogen (secondary N) is 1. The third kappa shape index (κ3) is 4.46. The van der Waals surface area contributed by atoms with Crippen LogP contribution < -0.4 is 10.1 Å². The molecule has 0 aliphatic rings. The quantitative estimate of drug-likeness (QED) is 0.654. The Balaban J connectivity index is 2.01. The van der Waals surface area contributed by atoms with Crippen molar-refractivity contribution < 1.29 is 9.53 Å². The number of anilines is 1. The summed E-state index contributed by atoms with van der Waals surface area (Å²) in [6, 6.07) is 9.16. The number of ether oxygens (including phenoxy) is 1. The molecule has 1 aromatic heterocycles. The third-order valence-corrected chi connectivity index (χ3v) is 4.36. The maximum Gasteiger partial charge on any atom is 0.237 e. The molecule has 0 radical (unpaired) electrons. The Hall–Kier alpha value is -2.08. The highest BCUT2D eigenvalue weighted by Crippen LogP contribution is 2.25. The minimum absolute atomic E-state index is 0.0334. The number of hydrogen-bond donors (Lipinski definition) is 1. The second kappa shape index (κ2) is 7.79. The molecule has 1 aromatic carbocycles. The molecule has 1 heterocycles. The zero-order valence-electron chi connectivity index (χ0n) is 12.9. The summed E-state index contributed by atoms with van der Waals surface area (Å²) in [7, 11) is 1.61. The van der Waals surface area contributed by atoms with Crippen molar-refractivity contribution in [2.24, 2.45) is 0 Å². The van der Waals surface area contributed by atoms with Gasteiger partial charge in [0.15, 0.2) is 0 Å². The van der Waals surface area contributed by atoms with Gasteiger partial charge in [-0.15, -0.1) is 0 Å². The summed E-state index contributed by atoms with van der Waals surface area (Å²) in [5.74, 6) is 0.727. The molecule has 0 aliphatic carbocycles. The van der Waals surface area contributed by atoms with Crippen molar-refractivity contribution >= 4 is 23.4 Å². The van der Waals surface area contributed by atoms with Crippen LogP contribution in [0.15, 0.2) is 41.7 Å². The van der Waals surface area contributed by atoms with Crippen LogP contribution in [0.5, 0.6) is 5.75 Å². The topological polar surface area (TPSA) is 64.1 Å². The Morgan fingerprint density at radius 3 is 2.64 bits per heavy atom. The molecular formula is C16H19N3O2S. The number of aromatic nitrogens is 2. The molecule has 22 heavy (non-hydrogen) atoms. The first kappa shape index (κ1) is 16.3. The second-order valence-electron chi connectivity index (χ2n) is 4.73. The SMILES string of the molecule is CCC(Sc1cc(C)ncn1)C(=O)Nc1ccc(OC)cc1. The summed E-state index contributed by atoms with van der Waals surface area (Å²) in [6.45, 7) is 3.89. The highest BCUT2D eigenvalue weighted by atomic mass is 32.2. The fourth-order valence-electron chi connectivity index (χ4n) is 1.86. The number of nitrogens with zero attached hydrogens (tertiary/aromatic N) is 2. The Kier molecular flexibility index (Phi) is 5.77. The monoisotopic (exact) mass is 317 g/mol. The molecule has 0 spiro atoms. The highest BCUT2D eigenvalue weighted by molar-refractivity contribution is 8.00. The Labute approximate surface area is 134 Å². The molecule has 0 saturated heterocycles. The van der Waals surface area contributed by atoms with Gasteiger partial charge in [-0.25, -0.2) is 9.97 Å². The first-order valence-corrected chi connectivity index (χ1v) is 7.90. The maximum atomic E-state index is 12.4. The van der Waals surface area contributed by atoms with E-state index < -0.39 is 0 Å². The molecule has 116 valence electrons. The molecule has 6 heteroatoms. The van der Waals surface area contributed by atoms with Crippen LogP contribution in [0, 0.1) is 6.92 Å². The van der Waals surface area contributed by atoms with E-state index in [9.17, 15) is 4.79 Å². The van der Waals surface area contributed by atoms with Gasteiger partial charge in [-0.3, -0.25) is 4.79 Å². The molecule has 5 nitrogen and oxygen atoms in total. The van der Waals surface area contributed by atoms with E-state index in [1.54, 1.807) is 7.11 Å². The summed E-state index contributed by atoms with van der Waals surface area (Å²) in [5.41, 5.74) is 1.65. The minimum atomic E-state index is -0.198. The predicted molar refractivity (Wildman–Crippen MR) is 88.3 cm³/mol. The van der Waals surface area contributed by atoms with E-state index in [1.807, 2.05) is 44.2 Å². The van der Waals surface area contributed by atoms with E-state index in [-0.39, 0.29) is 11.2 Å². The maximum absolute atomic E-state index is 12.4. The van der Waals surface area contributed by atoms with Crippen molar-refractivity contribution in [3.8, 4) is 5.75 Å². The van der Waals surface area contributed by atoms with E-state index in [1.165, 1.54) is 18.1 Å². The van der Waals surface area contributed by atoms with Gasteiger partial charge >= 0.3 is 0 Å². The van der Waals surface area contributed by atoms with Gasteiger partial charge in [0.25, 0.3) is 0 Å². The molecule has 2 aromatic rings. The summed E-state index contributed by atoms with van der Waals surface area (Å²) in [4.78, 5) is 20.6. The average Bonchev–Trinajstić information content (AvgIpc) is 2.53. The zero-order chi connectivity index (χ0) is 15.9. The molecule has 2 rings (SSSR count). The Morgan fingerprint density at radius 1 is 1.32 bits per heavy atom. The molecular weight excluding hydrogens is 298 g/mol. The van der Waals surface area contributed by atoms with Gasteiger partial charge in [0.05, 0.1) is 12.4 Å². The number of carbonyl (C=O) groups is 1. The summed E-state index contributed by atoms with van der Waals surface area (Å²) in [5, 5.41) is 3.53. The first-order valence-electron chi connectivity index (χ1n) is 7.02. The lowest BCUT2D eigenvalue weighted by molar-refractivity contribution is -0.115. The molecule has 1 atom stereocenters. The fourth-order valence-corrected chi connectivity index (χ4v) is 2.83. The first-order chi connectivity index (χ1) is 10.6. The number of carbonyl (C=O) groups excluding carboxylic acids is 1. The third-order valence-electron chi connectivity index (χ3n) is 3.06. The summed E-state index contributed by atoms with van der Waals surface area (Å²) < 4.78 is 5.10. The second-order valence-corrected chi connectivity index (χ2v) is 5.95. The van der Waals surface area contributed by atoms with Gasteiger partial charge in [-0.05, 0) is 43.7 Å². The lowest BCUT2D eigenvalue weighted by Crippen LogP contribution is -2.24. The number of thioether (sulfide) groups is 1. The van der Waals surface area contributed by atoms with Gasteiger partial charge in [0.1, 0.15) is 17.1 Å². The fraction of sp³-hybridized carbons (Fsp3) is 0.312. The summed E-state index contributed by atoms with van der Waals surface area (Å²) >= 11 is 1.45. The van der Waals surface area contributed by atoms with Crippen LogP contribution in [0.2, 0.25) is 0 Å². The average molecular weight is 317 g/mol. The van der Waals surface area contributed by atoms with Gasteiger partial charge < -0.3 is 10.1 Å². The van der Waals surface area contributed by atoms with E-state index in [0.717, 1.165) is 28.6 Å². The van der Waals surface area contributed by atoms with Crippen LogP contribution in [0.25, 0.3) is 0 Å².